The van der Waals surface area contributed by atoms with Crippen LogP contribution in [0.2, 0.25) is 0 Å². The zero-order valence-corrected chi connectivity index (χ0v) is 19.1. The number of nitrogens with one attached hydrogen (secondary N) is 2. The third kappa shape index (κ3) is 4.03. The van der Waals surface area contributed by atoms with E-state index in [4.69, 9.17) is 18.9 Å². The number of amides is 1. The van der Waals surface area contributed by atoms with Crippen molar-refractivity contribution < 1.29 is 23.7 Å². The fourth-order valence-electron chi connectivity index (χ4n) is 4.09. The van der Waals surface area contributed by atoms with Crippen molar-refractivity contribution >= 4 is 17.5 Å². The summed E-state index contributed by atoms with van der Waals surface area (Å²) in [6.45, 7) is 3.07. The fourth-order valence-corrected chi connectivity index (χ4v) is 4.09. The quantitative estimate of drug-likeness (QED) is 0.574. The predicted octanol–water partition coefficient (Wildman–Crippen LogP) is 3.13. The molecule has 1 atom stereocenters. The summed E-state index contributed by atoms with van der Waals surface area (Å²) in [4.78, 5) is 18.1. The maximum Gasteiger partial charge on any atom is 0.255 e. The standard InChI is InChI=1S/C24H25N5O5/c1-14-21(23(30)26-16-5-7-17(32-3)8-6-16)22(29-24(25-14)27-20(28-29)13-31-2)15-4-9-18-19(12-15)34-11-10-33-18/h4-9,12,22H,10-11,13H2,1-3H3,(H,26,30)(H,25,27,28). The van der Waals surface area contributed by atoms with Crippen LogP contribution in [0.5, 0.6) is 17.2 Å². The van der Waals surface area contributed by atoms with Gasteiger partial charge in [-0.1, -0.05) is 6.07 Å². The molecule has 3 aromatic rings. The summed E-state index contributed by atoms with van der Waals surface area (Å²) in [5.41, 5.74) is 2.65. The van der Waals surface area contributed by atoms with Crippen molar-refractivity contribution in [2.45, 2.75) is 19.6 Å². The Bertz CT molecular complexity index is 1250. The van der Waals surface area contributed by atoms with E-state index in [1.54, 1.807) is 43.2 Å². The summed E-state index contributed by atoms with van der Waals surface area (Å²) in [7, 11) is 3.18. The van der Waals surface area contributed by atoms with Gasteiger partial charge in [-0.3, -0.25) is 4.79 Å². The molecule has 3 heterocycles. The number of ether oxygens (including phenoxy) is 4. The zero-order valence-electron chi connectivity index (χ0n) is 19.1. The van der Waals surface area contributed by atoms with Gasteiger partial charge in [0.05, 0.1) is 12.7 Å². The molecule has 0 saturated carbocycles. The Balaban J connectivity index is 1.55. The van der Waals surface area contributed by atoms with Crippen LogP contribution in [0.1, 0.15) is 24.4 Å². The third-order valence-electron chi connectivity index (χ3n) is 5.64. The summed E-state index contributed by atoms with van der Waals surface area (Å²) >= 11 is 0. The van der Waals surface area contributed by atoms with Gasteiger partial charge in [-0.05, 0) is 48.9 Å². The van der Waals surface area contributed by atoms with Crippen LogP contribution >= 0.6 is 0 Å². The minimum Gasteiger partial charge on any atom is -0.497 e. The van der Waals surface area contributed by atoms with Crippen molar-refractivity contribution in [2.24, 2.45) is 0 Å². The molecule has 176 valence electrons. The van der Waals surface area contributed by atoms with E-state index in [-0.39, 0.29) is 12.5 Å². The zero-order chi connectivity index (χ0) is 23.7. The topological polar surface area (TPSA) is 109 Å². The van der Waals surface area contributed by atoms with Crippen LogP contribution in [-0.4, -0.2) is 48.1 Å². The van der Waals surface area contributed by atoms with Gasteiger partial charge in [0, 0.05) is 18.5 Å². The number of carbonyl (C=O) groups is 1. The van der Waals surface area contributed by atoms with Gasteiger partial charge in [0.2, 0.25) is 5.95 Å². The van der Waals surface area contributed by atoms with Gasteiger partial charge in [-0.2, -0.15) is 10.1 Å². The van der Waals surface area contributed by atoms with Crippen molar-refractivity contribution in [3.05, 3.63) is 65.1 Å². The molecular weight excluding hydrogens is 438 g/mol. The average Bonchev–Trinajstić information content (AvgIpc) is 3.25. The molecule has 1 amide bonds. The number of hydrogen-bond acceptors (Lipinski definition) is 8. The van der Waals surface area contributed by atoms with Gasteiger partial charge in [-0.25, -0.2) is 4.68 Å². The summed E-state index contributed by atoms with van der Waals surface area (Å²) in [5.74, 6) is 2.80. The second kappa shape index (κ2) is 9.06. The molecule has 5 rings (SSSR count). The molecule has 10 nitrogen and oxygen atoms in total. The van der Waals surface area contributed by atoms with E-state index in [0.717, 1.165) is 5.56 Å². The van der Waals surface area contributed by atoms with E-state index in [9.17, 15) is 4.79 Å². The van der Waals surface area contributed by atoms with E-state index < -0.39 is 6.04 Å². The first-order chi connectivity index (χ1) is 16.6. The van der Waals surface area contributed by atoms with Crippen molar-refractivity contribution in [2.75, 3.05) is 38.1 Å². The Morgan fingerprint density at radius 2 is 1.91 bits per heavy atom. The number of nitrogens with zero attached hydrogens (tertiary/aromatic N) is 3. The molecule has 0 saturated heterocycles. The highest BCUT2D eigenvalue weighted by molar-refractivity contribution is 6.06. The first-order valence-electron chi connectivity index (χ1n) is 10.8. The van der Waals surface area contributed by atoms with Crippen LogP contribution in [0, 0.1) is 0 Å². The summed E-state index contributed by atoms with van der Waals surface area (Å²) in [6, 6.07) is 12.3. The number of methoxy groups -OCH3 is 2. The number of allylic oxidation sites excluding steroid dienone is 1. The first-order valence-corrected chi connectivity index (χ1v) is 10.8. The molecule has 2 N–H and O–H groups in total. The number of aromatic nitrogens is 3. The Kier molecular flexibility index (Phi) is 5.81. The molecule has 2 aliphatic heterocycles. The third-order valence-corrected chi connectivity index (χ3v) is 5.64. The highest BCUT2D eigenvalue weighted by Gasteiger charge is 2.35. The number of carbonyl (C=O) groups excluding carboxylic acids is 1. The number of anilines is 2. The minimum absolute atomic E-state index is 0.252. The monoisotopic (exact) mass is 463 g/mol. The summed E-state index contributed by atoms with van der Waals surface area (Å²) in [6.07, 6.45) is 0. The molecule has 0 radical (unpaired) electrons. The average molecular weight is 463 g/mol. The summed E-state index contributed by atoms with van der Waals surface area (Å²) < 4.78 is 23.6. The van der Waals surface area contributed by atoms with Gasteiger partial charge in [0.15, 0.2) is 17.3 Å². The lowest BCUT2D eigenvalue weighted by Gasteiger charge is -2.29. The number of hydrogen-bond donors (Lipinski definition) is 2. The molecule has 1 aromatic heterocycles. The smallest absolute Gasteiger partial charge is 0.255 e. The highest BCUT2D eigenvalue weighted by atomic mass is 16.6. The van der Waals surface area contributed by atoms with Crippen LogP contribution in [0.15, 0.2) is 53.7 Å². The van der Waals surface area contributed by atoms with Gasteiger partial charge in [0.1, 0.15) is 31.6 Å². The lowest BCUT2D eigenvalue weighted by atomic mass is 9.94. The largest absolute Gasteiger partial charge is 0.497 e. The Hall–Kier alpha value is -4.05. The highest BCUT2D eigenvalue weighted by Crippen LogP contribution is 2.40. The molecule has 0 spiro atoms. The molecule has 2 aromatic carbocycles. The van der Waals surface area contributed by atoms with Crippen molar-refractivity contribution in [3.63, 3.8) is 0 Å². The van der Waals surface area contributed by atoms with Crippen molar-refractivity contribution in [1.29, 1.82) is 0 Å². The van der Waals surface area contributed by atoms with Crippen LogP contribution in [0.25, 0.3) is 0 Å². The lowest BCUT2D eigenvalue weighted by molar-refractivity contribution is -0.113. The van der Waals surface area contributed by atoms with Gasteiger partial charge < -0.3 is 29.6 Å². The second-order valence-electron chi connectivity index (χ2n) is 7.88. The molecule has 0 bridgehead atoms. The maximum atomic E-state index is 13.6. The van der Waals surface area contributed by atoms with E-state index >= 15 is 0 Å². The minimum atomic E-state index is -0.538. The molecule has 2 aliphatic rings. The van der Waals surface area contributed by atoms with Crippen molar-refractivity contribution in [1.82, 2.24) is 14.8 Å². The normalized spacial score (nSPS) is 16.5. The Labute approximate surface area is 196 Å². The molecule has 34 heavy (non-hydrogen) atoms. The summed E-state index contributed by atoms with van der Waals surface area (Å²) in [5, 5.41) is 10.8. The molecule has 10 heteroatoms. The van der Waals surface area contributed by atoms with Gasteiger partial charge in [-0.15, -0.1) is 0 Å². The van der Waals surface area contributed by atoms with Gasteiger partial charge in [0.25, 0.3) is 5.91 Å². The lowest BCUT2D eigenvalue weighted by Crippen LogP contribution is -2.31. The molecule has 0 fully saturated rings. The number of fused-ring (bicyclic) bond motifs is 2. The predicted molar refractivity (Wildman–Crippen MR) is 124 cm³/mol. The van der Waals surface area contributed by atoms with Crippen LogP contribution in [0.3, 0.4) is 0 Å². The van der Waals surface area contributed by atoms with Crippen LogP contribution in [-0.2, 0) is 16.1 Å². The van der Waals surface area contributed by atoms with E-state index in [0.29, 0.717) is 59.2 Å². The Morgan fingerprint density at radius 1 is 1.15 bits per heavy atom. The first kappa shape index (κ1) is 21.8. The van der Waals surface area contributed by atoms with Crippen molar-refractivity contribution in [3.8, 4) is 17.2 Å². The molecular formula is C24H25N5O5. The molecule has 1 unspecified atom stereocenters. The van der Waals surface area contributed by atoms with Crippen LogP contribution < -0.4 is 24.8 Å². The van der Waals surface area contributed by atoms with E-state index in [2.05, 4.69) is 20.7 Å². The maximum absolute atomic E-state index is 13.6. The van der Waals surface area contributed by atoms with Crippen LogP contribution in [0.4, 0.5) is 11.6 Å². The molecule has 0 aliphatic carbocycles. The SMILES string of the molecule is COCc1nc2n(n1)C(c1ccc3c(c1)OCCO3)C(C(=O)Nc1ccc(OC)cc1)=C(C)N2. The van der Waals surface area contributed by atoms with Gasteiger partial charge >= 0.3 is 0 Å². The Morgan fingerprint density at radius 3 is 2.65 bits per heavy atom. The second-order valence-corrected chi connectivity index (χ2v) is 7.88. The fraction of sp³-hybridized carbons (Fsp3) is 0.292. The number of benzene rings is 2. The van der Waals surface area contributed by atoms with E-state index in [1.807, 2.05) is 25.1 Å². The number of rotatable bonds is 6. The van der Waals surface area contributed by atoms with E-state index in [1.165, 1.54) is 0 Å².